The molecule has 2 aromatic carbocycles. The zero-order chi connectivity index (χ0) is 18.0. The normalized spacial score (nSPS) is 10.7. The number of carbonyl (C=O) groups is 1. The topological polar surface area (TPSA) is 46.9 Å². The van der Waals surface area contributed by atoms with Crippen molar-refractivity contribution in [3.8, 4) is 0 Å². The minimum Gasteiger partial charge on any atom is -0.319 e. The lowest BCUT2D eigenvalue weighted by Crippen LogP contribution is -2.13. The molecule has 0 spiro atoms. The molecule has 0 aliphatic carbocycles. The molecule has 0 aliphatic heterocycles. The zero-order valence-corrected chi connectivity index (χ0v) is 16.1. The number of nitrogens with one attached hydrogen (secondary N) is 1. The maximum atomic E-state index is 12.5. The van der Waals surface area contributed by atoms with Crippen LogP contribution in [0, 0.1) is 20.8 Å². The van der Waals surface area contributed by atoms with Crippen molar-refractivity contribution < 1.29 is 4.79 Å². The maximum Gasteiger partial charge on any atom is 0.255 e. The van der Waals surface area contributed by atoms with E-state index in [1.807, 2.05) is 36.7 Å². The van der Waals surface area contributed by atoms with Crippen LogP contribution in [0.1, 0.15) is 32.9 Å². The first-order valence-electron chi connectivity index (χ1n) is 8.10. The van der Waals surface area contributed by atoms with Gasteiger partial charge in [0.25, 0.3) is 5.91 Å². The van der Waals surface area contributed by atoms with Crippen LogP contribution >= 0.6 is 15.9 Å². The SMILES string of the molecule is Cc1cccc(Cn2nc(C)c(NC(=O)c3ccc(Br)cc3)c2C)c1. The van der Waals surface area contributed by atoms with Gasteiger partial charge < -0.3 is 5.32 Å². The molecule has 1 aromatic heterocycles. The Hall–Kier alpha value is -2.40. The number of rotatable bonds is 4. The van der Waals surface area contributed by atoms with Crippen molar-refractivity contribution in [1.29, 1.82) is 0 Å². The Bertz CT molecular complexity index is 913. The number of benzene rings is 2. The van der Waals surface area contributed by atoms with E-state index < -0.39 is 0 Å². The minimum atomic E-state index is -0.131. The first kappa shape index (κ1) is 17.4. The van der Waals surface area contributed by atoms with E-state index >= 15 is 0 Å². The maximum absolute atomic E-state index is 12.5. The molecule has 3 aromatic rings. The Morgan fingerprint density at radius 3 is 2.52 bits per heavy atom. The average molecular weight is 398 g/mol. The molecule has 0 saturated carbocycles. The predicted molar refractivity (Wildman–Crippen MR) is 104 cm³/mol. The van der Waals surface area contributed by atoms with Crippen molar-refractivity contribution in [1.82, 2.24) is 9.78 Å². The molecular formula is C20H20BrN3O. The number of anilines is 1. The Morgan fingerprint density at radius 1 is 1.12 bits per heavy atom. The van der Waals surface area contributed by atoms with Gasteiger partial charge in [0.1, 0.15) is 0 Å². The number of carbonyl (C=O) groups excluding carboxylic acids is 1. The number of hydrogen-bond donors (Lipinski definition) is 1. The summed E-state index contributed by atoms with van der Waals surface area (Å²) < 4.78 is 2.88. The summed E-state index contributed by atoms with van der Waals surface area (Å²) in [6, 6.07) is 15.7. The van der Waals surface area contributed by atoms with Gasteiger partial charge in [0.15, 0.2) is 0 Å². The van der Waals surface area contributed by atoms with E-state index in [1.165, 1.54) is 11.1 Å². The molecule has 4 nitrogen and oxygen atoms in total. The molecule has 0 fully saturated rings. The van der Waals surface area contributed by atoms with Crippen molar-refractivity contribution in [2.24, 2.45) is 0 Å². The molecule has 0 unspecified atom stereocenters. The summed E-state index contributed by atoms with van der Waals surface area (Å²) in [5.41, 5.74) is 5.58. The number of nitrogens with zero attached hydrogens (tertiary/aromatic N) is 2. The zero-order valence-electron chi connectivity index (χ0n) is 14.5. The third-order valence-electron chi connectivity index (χ3n) is 4.14. The highest BCUT2D eigenvalue weighted by Crippen LogP contribution is 2.22. The van der Waals surface area contributed by atoms with Crippen LogP contribution < -0.4 is 5.32 Å². The average Bonchev–Trinajstić information content (AvgIpc) is 2.83. The van der Waals surface area contributed by atoms with Gasteiger partial charge in [-0.25, -0.2) is 0 Å². The Kier molecular flexibility index (Phi) is 5.04. The van der Waals surface area contributed by atoms with E-state index in [1.54, 1.807) is 12.1 Å². The minimum absolute atomic E-state index is 0.131. The van der Waals surface area contributed by atoms with Gasteiger partial charge in [0.05, 0.1) is 23.6 Å². The van der Waals surface area contributed by atoms with E-state index in [9.17, 15) is 4.79 Å². The van der Waals surface area contributed by atoms with Crippen LogP contribution in [-0.4, -0.2) is 15.7 Å². The number of aryl methyl sites for hydroxylation is 2. The predicted octanol–water partition coefficient (Wildman–Crippen LogP) is 4.87. The fourth-order valence-corrected chi connectivity index (χ4v) is 3.07. The second kappa shape index (κ2) is 7.23. The van der Waals surface area contributed by atoms with E-state index in [-0.39, 0.29) is 5.91 Å². The summed E-state index contributed by atoms with van der Waals surface area (Å²) in [4.78, 5) is 12.5. The van der Waals surface area contributed by atoms with Crippen LogP contribution in [0.2, 0.25) is 0 Å². The van der Waals surface area contributed by atoms with Crippen molar-refractivity contribution in [2.75, 3.05) is 5.32 Å². The summed E-state index contributed by atoms with van der Waals surface area (Å²) >= 11 is 3.38. The van der Waals surface area contributed by atoms with Gasteiger partial charge in [-0.15, -0.1) is 0 Å². The van der Waals surface area contributed by atoms with Gasteiger partial charge in [-0.3, -0.25) is 9.48 Å². The second-order valence-corrected chi connectivity index (χ2v) is 7.07. The molecule has 1 heterocycles. The summed E-state index contributed by atoms with van der Waals surface area (Å²) in [5.74, 6) is -0.131. The Balaban J connectivity index is 1.82. The van der Waals surface area contributed by atoms with Crippen LogP contribution in [0.5, 0.6) is 0 Å². The molecule has 0 bridgehead atoms. The number of amides is 1. The quantitative estimate of drug-likeness (QED) is 0.682. The highest BCUT2D eigenvalue weighted by atomic mass is 79.9. The highest BCUT2D eigenvalue weighted by Gasteiger charge is 2.15. The van der Waals surface area contributed by atoms with Crippen LogP contribution in [0.3, 0.4) is 0 Å². The lowest BCUT2D eigenvalue weighted by molar-refractivity contribution is 0.102. The molecular weight excluding hydrogens is 378 g/mol. The summed E-state index contributed by atoms with van der Waals surface area (Å²) in [7, 11) is 0. The smallest absolute Gasteiger partial charge is 0.255 e. The molecule has 1 amide bonds. The summed E-state index contributed by atoms with van der Waals surface area (Å²) in [6.45, 7) is 6.65. The van der Waals surface area contributed by atoms with Crippen molar-refractivity contribution in [3.63, 3.8) is 0 Å². The van der Waals surface area contributed by atoms with Crippen LogP contribution in [-0.2, 0) is 6.54 Å². The monoisotopic (exact) mass is 397 g/mol. The molecule has 0 atom stereocenters. The molecule has 5 heteroatoms. The number of halogens is 1. The highest BCUT2D eigenvalue weighted by molar-refractivity contribution is 9.10. The summed E-state index contributed by atoms with van der Waals surface area (Å²) in [6.07, 6.45) is 0. The lowest BCUT2D eigenvalue weighted by atomic mass is 10.1. The third-order valence-corrected chi connectivity index (χ3v) is 4.67. The molecule has 1 N–H and O–H groups in total. The van der Waals surface area contributed by atoms with Gasteiger partial charge in [-0.05, 0) is 50.6 Å². The van der Waals surface area contributed by atoms with Gasteiger partial charge in [-0.2, -0.15) is 5.10 Å². The van der Waals surface area contributed by atoms with Crippen molar-refractivity contribution in [2.45, 2.75) is 27.3 Å². The van der Waals surface area contributed by atoms with Gasteiger partial charge in [0, 0.05) is 10.0 Å². The van der Waals surface area contributed by atoms with E-state index in [4.69, 9.17) is 0 Å². The van der Waals surface area contributed by atoms with Gasteiger partial charge in [0.2, 0.25) is 0 Å². The van der Waals surface area contributed by atoms with Gasteiger partial charge >= 0.3 is 0 Å². The number of aromatic nitrogens is 2. The lowest BCUT2D eigenvalue weighted by Gasteiger charge is -2.08. The molecule has 128 valence electrons. The molecule has 3 rings (SSSR count). The first-order valence-corrected chi connectivity index (χ1v) is 8.90. The Morgan fingerprint density at radius 2 is 1.84 bits per heavy atom. The first-order chi connectivity index (χ1) is 11.9. The van der Waals surface area contributed by atoms with Crippen LogP contribution in [0.15, 0.2) is 53.0 Å². The van der Waals surface area contributed by atoms with Crippen LogP contribution in [0.25, 0.3) is 0 Å². The molecule has 0 aliphatic rings. The largest absolute Gasteiger partial charge is 0.319 e. The third kappa shape index (κ3) is 3.99. The fraction of sp³-hybridized carbons (Fsp3) is 0.200. The van der Waals surface area contributed by atoms with E-state index in [2.05, 4.69) is 51.5 Å². The van der Waals surface area contributed by atoms with E-state index in [0.29, 0.717) is 12.1 Å². The summed E-state index contributed by atoms with van der Waals surface area (Å²) in [5, 5.41) is 7.58. The Labute approximate surface area is 156 Å². The molecule has 0 radical (unpaired) electrons. The molecule has 0 saturated heterocycles. The van der Waals surface area contributed by atoms with Crippen molar-refractivity contribution in [3.05, 3.63) is 81.1 Å². The standard InChI is InChI=1S/C20H20BrN3O/c1-13-5-4-6-16(11-13)12-24-15(3)19(14(2)23-24)22-20(25)17-7-9-18(21)10-8-17/h4-11H,12H2,1-3H3,(H,22,25). The van der Waals surface area contributed by atoms with Crippen molar-refractivity contribution >= 4 is 27.5 Å². The van der Waals surface area contributed by atoms with Gasteiger partial charge in [-0.1, -0.05) is 45.8 Å². The number of hydrogen-bond acceptors (Lipinski definition) is 2. The molecule has 25 heavy (non-hydrogen) atoms. The fourth-order valence-electron chi connectivity index (χ4n) is 2.80. The van der Waals surface area contributed by atoms with Crippen LogP contribution in [0.4, 0.5) is 5.69 Å². The van der Waals surface area contributed by atoms with E-state index in [0.717, 1.165) is 21.5 Å². The second-order valence-electron chi connectivity index (χ2n) is 6.15.